The molecule has 0 saturated heterocycles. The molecule has 0 spiro atoms. The monoisotopic (exact) mass is 255 g/mol. The van der Waals surface area contributed by atoms with Crippen LogP contribution in [0.4, 0.5) is 8.78 Å². The van der Waals surface area contributed by atoms with Crippen LogP contribution in [-0.2, 0) is 4.79 Å². The number of rotatable bonds is 6. The fourth-order valence-corrected chi connectivity index (χ4v) is 2.11. The van der Waals surface area contributed by atoms with Crippen LogP contribution in [0.3, 0.4) is 0 Å². The van der Waals surface area contributed by atoms with Crippen molar-refractivity contribution in [1.82, 2.24) is 5.32 Å². The van der Waals surface area contributed by atoms with Gasteiger partial charge in [-0.3, -0.25) is 4.79 Å². The number of hydrogen-bond acceptors (Lipinski definition) is 1. The number of amides is 1. The Morgan fingerprint density at radius 1 is 1.17 bits per heavy atom. The van der Waals surface area contributed by atoms with E-state index in [2.05, 4.69) is 5.32 Å². The third-order valence-electron chi connectivity index (χ3n) is 3.17. The Bertz CT molecular complexity index is 363. The second kappa shape index (κ2) is 7.09. The minimum Gasteiger partial charge on any atom is -0.344 e. The van der Waals surface area contributed by atoms with E-state index in [-0.39, 0.29) is 12.0 Å². The van der Waals surface area contributed by atoms with E-state index < -0.39 is 12.3 Å². The van der Waals surface area contributed by atoms with E-state index in [9.17, 15) is 13.6 Å². The summed E-state index contributed by atoms with van der Waals surface area (Å²) >= 11 is 0. The maximum atomic E-state index is 12.4. The lowest BCUT2D eigenvalue weighted by atomic mass is 9.89. The van der Waals surface area contributed by atoms with Gasteiger partial charge in [-0.15, -0.1) is 0 Å². The summed E-state index contributed by atoms with van der Waals surface area (Å²) in [5.41, 5.74) is 0.875. The Labute approximate surface area is 106 Å². The number of alkyl halides is 2. The number of hydrogen-bond donors (Lipinski definition) is 1. The maximum Gasteiger partial charge on any atom is 0.315 e. The zero-order chi connectivity index (χ0) is 13.5. The molecule has 0 heterocycles. The van der Waals surface area contributed by atoms with Crippen molar-refractivity contribution in [3.63, 3.8) is 0 Å². The summed E-state index contributed by atoms with van der Waals surface area (Å²) in [6.07, 6.45) is -1.30. The number of benzene rings is 1. The highest BCUT2D eigenvalue weighted by atomic mass is 19.3. The van der Waals surface area contributed by atoms with Crippen LogP contribution in [0.2, 0.25) is 0 Å². The summed E-state index contributed by atoms with van der Waals surface area (Å²) in [7, 11) is 0. The Hall–Kier alpha value is -1.45. The molecule has 0 aromatic heterocycles. The Kier molecular flexibility index (Phi) is 5.75. The zero-order valence-corrected chi connectivity index (χ0v) is 10.7. The molecule has 0 saturated carbocycles. The first kappa shape index (κ1) is 14.6. The summed E-state index contributed by atoms with van der Waals surface area (Å²) in [5.74, 6) is -1.04. The summed E-state index contributed by atoms with van der Waals surface area (Å²) in [6.45, 7) is 4.00. The van der Waals surface area contributed by atoms with Crippen LogP contribution in [0, 0.1) is 5.92 Å². The molecule has 1 atom stereocenters. The second-order valence-corrected chi connectivity index (χ2v) is 4.27. The molecule has 1 amide bonds. The van der Waals surface area contributed by atoms with Crippen molar-refractivity contribution in [2.24, 2.45) is 5.92 Å². The van der Waals surface area contributed by atoms with Gasteiger partial charge >= 0.3 is 6.43 Å². The molecule has 1 unspecified atom stereocenters. The number of nitrogens with one attached hydrogen (secondary N) is 1. The van der Waals surface area contributed by atoms with Gasteiger partial charge in [0.25, 0.3) is 5.91 Å². The molecule has 1 N–H and O–H groups in total. The SMILES string of the molecule is CCC(CC)C(NC(=O)C(F)F)c1ccccc1. The molecule has 2 nitrogen and oxygen atoms in total. The topological polar surface area (TPSA) is 29.1 Å². The van der Waals surface area contributed by atoms with Crippen LogP contribution in [0.15, 0.2) is 30.3 Å². The Morgan fingerprint density at radius 2 is 1.72 bits per heavy atom. The molecule has 0 bridgehead atoms. The third kappa shape index (κ3) is 3.79. The first-order chi connectivity index (χ1) is 8.60. The predicted molar refractivity (Wildman–Crippen MR) is 67.4 cm³/mol. The molecule has 0 aliphatic carbocycles. The molecule has 0 aliphatic heterocycles. The van der Waals surface area contributed by atoms with Crippen LogP contribution in [0.5, 0.6) is 0 Å². The zero-order valence-electron chi connectivity index (χ0n) is 10.7. The van der Waals surface area contributed by atoms with Crippen LogP contribution >= 0.6 is 0 Å². The highest BCUT2D eigenvalue weighted by Gasteiger charge is 2.25. The van der Waals surface area contributed by atoms with Crippen LogP contribution in [0.1, 0.15) is 38.3 Å². The van der Waals surface area contributed by atoms with E-state index in [1.54, 1.807) is 0 Å². The van der Waals surface area contributed by atoms with Crippen molar-refractivity contribution in [3.8, 4) is 0 Å². The van der Waals surface area contributed by atoms with Crippen LogP contribution in [0.25, 0.3) is 0 Å². The highest BCUT2D eigenvalue weighted by molar-refractivity contribution is 5.79. The molecule has 0 aliphatic rings. The average molecular weight is 255 g/mol. The van der Waals surface area contributed by atoms with E-state index >= 15 is 0 Å². The van der Waals surface area contributed by atoms with Gasteiger partial charge in [0, 0.05) is 0 Å². The molecule has 1 aromatic rings. The third-order valence-corrected chi connectivity index (χ3v) is 3.17. The Morgan fingerprint density at radius 3 is 2.17 bits per heavy atom. The maximum absolute atomic E-state index is 12.4. The summed E-state index contributed by atoms with van der Waals surface area (Å²) in [4.78, 5) is 11.2. The van der Waals surface area contributed by atoms with Crippen molar-refractivity contribution in [1.29, 1.82) is 0 Å². The van der Waals surface area contributed by atoms with E-state index in [0.717, 1.165) is 18.4 Å². The van der Waals surface area contributed by atoms with Gasteiger partial charge in [0.2, 0.25) is 0 Å². The summed E-state index contributed by atoms with van der Waals surface area (Å²) < 4.78 is 24.7. The van der Waals surface area contributed by atoms with Crippen molar-refractivity contribution in [2.45, 2.75) is 39.2 Å². The van der Waals surface area contributed by atoms with Crippen molar-refractivity contribution < 1.29 is 13.6 Å². The normalized spacial score (nSPS) is 12.8. The van der Waals surface area contributed by atoms with Crippen LogP contribution < -0.4 is 5.32 Å². The summed E-state index contributed by atoms with van der Waals surface area (Å²) in [5, 5.41) is 2.45. The largest absolute Gasteiger partial charge is 0.344 e. The van der Waals surface area contributed by atoms with Crippen molar-refractivity contribution >= 4 is 5.91 Å². The minimum absolute atomic E-state index is 0.162. The number of carbonyl (C=O) groups excluding carboxylic acids is 1. The van der Waals surface area contributed by atoms with Crippen molar-refractivity contribution in [2.75, 3.05) is 0 Å². The molecule has 0 fully saturated rings. The van der Waals surface area contributed by atoms with Gasteiger partial charge in [-0.25, -0.2) is 0 Å². The Balaban J connectivity index is 2.92. The van der Waals surface area contributed by atoms with E-state index in [1.807, 2.05) is 44.2 Å². The molecular formula is C14H19F2NO. The van der Waals surface area contributed by atoms with Gasteiger partial charge in [-0.1, -0.05) is 57.0 Å². The molecule has 1 aromatic carbocycles. The molecule has 1 rings (SSSR count). The quantitative estimate of drug-likeness (QED) is 0.827. The standard InChI is InChI=1S/C14H19F2NO/c1-3-10(4-2)12(17-14(18)13(15)16)11-8-6-5-7-9-11/h5-10,12-13H,3-4H2,1-2H3,(H,17,18). The van der Waals surface area contributed by atoms with Gasteiger partial charge in [0.15, 0.2) is 0 Å². The van der Waals surface area contributed by atoms with E-state index in [4.69, 9.17) is 0 Å². The molecule has 100 valence electrons. The van der Waals surface area contributed by atoms with Crippen LogP contribution in [-0.4, -0.2) is 12.3 Å². The predicted octanol–water partition coefficient (Wildman–Crippen LogP) is 3.55. The lowest BCUT2D eigenvalue weighted by Crippen LogP contribution is -2.36. The van der Waals surface area contributed by atoms with Gasteiger partial charge in [0.1, 0.15) is 0 Å². The fourth-order valence-electron chi connectivity index (χ4n) is 2.11. The van der Waals surface area contributed by atoms with Gasteiger partial charge < -0.3 is 5.32 Å². The highest BCUT2D eigenvalue weighted by Crippen LogP contribution is 2.27. The first-order valence-corrected chi connectivity index (χ1v) is 6.23. The molecule has 18 heavy (non-hydrogen) atoms. The van der Waals surface area contributed by atoms with E-state index in [1.165, 1.54) is 0 Å². The summed E-state index contributed by atoms with van der Waals surface area (Å²) in [6, 6.07) is 8.92. The fraction of sp³-hybridized carbons (Fsp3) is 0.500. The average Bonchev–Trinajstić information content (AvgIpc) is 2.39. The molecule has 0 radical (unpaired) electrons. The molecular weight excluding hydrogens is 236 g/mol. The molecule has 4 heteroatoms. The first-order valence-electron chi connectivity index (χ1n) is 6.23. The number of carbonyl (C=O) groups is 1. The second-order valence-electron chi connectivity index (χ2n) is 4.27. The van der Waals surface area contributed by atoms with E-state index in [0.29, 0.717) is 0 Å². The minimum atomic E-state index is -2.97. The number of halogens is 2. The van der Waals surface area contributed by atoms with Gasteiger partial charge in [0.05, 0.1) is 6.04 Å². The van der Waals surface area contributed by atoms with Gasteiger partial charge in [-0.05, 0) is 11.5 Å². The lowest BCUT2D eigenvalue weighted by Gasteiger charge is -2.26. The smallest absolute Gasteiger partial charge is 0.315 e. The lowest BCUT2D eigenvalue weighted by molar-refractivity contribution is -0.133. The van der Waals surface area contributed by atoms with Crippen molar-refractivity contribution in [3.05, 3.63) is 35.9 Å². The van der Waals surface area contributed by atoms with Gasteiger partial charge in [-0.2, -0.15) is 8.78 Å².